The van der Waals surface area contributed by atoms with Crippen LogP contribution in [0.4, 0.5) is 0 Å². The Labute approximate surface area is 139 Å². The van der Waals surface area contributed by atoms with Crippen molar-refractivity contribution in [3.05, 3.63) is 45.9 Å². The van der Waals surface area contributed by atoms with E-state index in [-0.39, 0.29) is 17.5 Å². The number of hydrogen-bond acceptors (Lipinski definition) is 5. The summed E-state index contributed by atoms with van der Waals surface area (Å²) in [6.07, 6.45) is 2.76. The van der Waals surface area contributed by atoms with Gasteiger partial charge in [0.25, 0.3) is 11.5 Å². The van der Waals surface area contributed by atoms with Crippen LogP contribution in [-0.2, 0) is 11.3 Å². The molecule has 1 fully saturated rings. The van der Waals surface area contributed by atoms with Gasteiger partial charge < -0.3 is 14.6 Å². The van der Waals surface area contributed by atoms with Crippen molar-refractivity contribution in [3.63, 3.8) is 0 Å². The summed E-state index contributed by atoms with van der Waals surface area (Å²) < 4.78 is 7.27. The number of carbonyl (C=O) groups is 1. The maximum Gasteiger partial charge on any atom is 0.275 e. The van der Waals surface area contributed by atoms with Crippen molar-refractivity contribution in [2.75, 3.05) is 19.8 Å². The van der Waals surface area contributed by atoms with Crippen LogP contribution in [0.15, 0.2) is 23.1 Å². The second-order valence-electron chi connectivity index (χ2n) is 5.81. The standard InChI is InChI=1S/C16H21N5O3/c1-3-5-20-6-4-12(19-20)16(23)21-7-8-24-10-14(21)13-9-15(22)18-11(2)17-13/h4,6,9,14H,3,5,7-8,10H2,1-2H3,(H,17,18,22)/t14-/m0/s1. The van der Waals surface area contributed by atoms with E-state index in [9.17, 15) is 9.59 Å². The zero-order chi connectivity index (χ0) is 17.1. The first kappa shape index (κ1) is 16.4. The van der Waals surface area contributed by atoms with Gasteiger partial charge in [-0.15, -0.1) is 0 Å². The molecule has 3 rings (SSSR count). The van der Waals surface area contributed by atoms with Gasteiger partial charge in [-0.2, -0.15) is 5.10 Å². The number of aryl methyl sites for hydroxylation is 2. The number of aromatic amines is 1. The van der Waals surface area contributed by atoms with Gasteiger partial charge in [0.2, 0.25) is 0 Å². The predicted octanol–water partition coefficient (Wildman–Crippen LogP) is 0.899. The molecular weight excluding hydrogens is 310 g/mol. The molecular formula is C16H21N5O3. The van der Waals surface area contributed by atoms with Crippen LogP contribution in [0, 0.1) is 6.92 Å². The maximum absolute atomic E-state index is 12.9. The molecule has 1 aliphatic rings. The molecule has 0 radical (unpaired) electrons. The quantitative estimate of drug-likeness (QED) is 0.898. The molecule has 0 spiro atoms. The Morgan fingerprint density at radius 2 is 2.33 bits per heavy atom. The smallest absolute Gasteiger partial charge is 0.275 e. The van der Waals surface area contributed by atoms with Gasteiger partial charge in [0.1, 0.15) is 11.5 Å². The van der Waals surface area contributed by atoms with Crippen LogP contribution in [0.25, 0.3) is 0 Å². The molecule has 8 nitrogen and oxygen atoms in total. The van der Waals surface area contributed by atoms with E-state index < -0.39 is 0 Å². The van der Waals surface area contributed by atoms with E-state index in [1.807, 2.05) is 6.20 Å². The Kier molecular flexibility index (Phi) is 4.75. The van der Waals surface area contributed by atoms with Crippen molar-refractivity contribution in [2.45, 2.75) is 32.9 Å². The van der Waals surface area contributed by atoms with Crippen molar-refractivity contribution in [1.82, 2.24) is 24.6 Å². The van der Waals surface area contributed by atoms with E-state index in [1.165, 1.54) is 6.07 Å². The first-order chi connectivity index (χ1) is 11.6. The van der Waals surface area contributed by atoms with Gasteiger partial charge in [0, 0.05) is 25.4 Å². The van der Waals surface area contributed by atoms with Crippen molar-refractivity contribution in [1.29, 1.82) is 0 Å². The number of hydrogen-bond donors (Lipinski definition) is 1. The molecule has 2 aromatic heterocycles. The summed E-state index contributed by atoms with van der Waals surface area (Å²) in [6, 6.07) is 2.76. The molecule has 1 aliphatic heterocycles. The summed E-state index contributed by atoms with van der Waals surface area (Å²) in [5, 5.41) is 4.33. The number of ether oxygens (including phenoxy) is 1. The van der Waals surface area contributed by atoms with Gasteiger partial charge in [0.05, 0.1) is 24.9 Å². The Morgan fingerprint density at radius 3 is 3.08 bits per heavy atom. The Hall–Kier alpha value is -2.48. The number of rotatable bonds is 4. The molecule has 0 unspecified atom stereocenters. The lowest BCUT2D eigenvalue weighted by molar-refractivity contribution is -0.00436. The van der Waals surface area contributed by atoms with Crippen LogP contribution < -0.4 is 5.56 Å². The predicted molar refractivity (Wildman–Crippen MR) is 86.7 cm³/mol. The van der Waals surface area contributed by atoms with Gasteiger partial charge in [-0.3, -0.25) is 14.3 Å². The fourth-order valence-electron chi connectivity index (χ4n) is 2.84. The fraction of sp³-hybridized carbons (Fsp3) is 0.500. The lowest BCUT2D eigenvalue weighted by Gasteiger charge is -2.34. The van der Waals surface area contributed by atoms with Crippen molar-refractivity contribution < 1.29 is 9.53 Å². The van der Waals surface area contributed by atoms with Crippen molar-refractivity contribution in [2.24, 2.45) is 0 Å². The van der Waals surface area contributed by atoms with E-state index in [0.717, 1.165) is 13.0 Å². The van der Waals surface area contributed by atoms with Gasteiger partial charge in [-0.05, 0) is 19.4 Å². The lowest BCUT2D eigenvalue weighted by atomic mass is 10.1. The van der Waals surface area contributed by atoms with Crippen molar-refractivity contribution >= 4 is 5.91 Å². The third-order valence-electron chi connectivity index (χ3n) is 3.92. The molecule has 0 bridgehead atoms. The number of amides is 1. The summed E-state index contributed by atoms with van der Waals surface area (Å²) in [5.74, 6) is 0.348. The molecule has 0 aromatic carbocycles. The number of nitrogens with zero attached hydrogens (tertiary/aromatic N) is 4. The molecule has 24 heavy (non-hydrogen) atoms. The lowest BCUT2D eigenvalue weighted by Crippen LogP contribution is -2.44. The second kappa shape index (κ2) is 6.96. The Balaban J connectivity index is 1.88. The molecule has 3 heterocycles. The molecule has 128 valence electrons. The normalized spacial score (nSPS) is 17.9. The summed E-state index contributed by atoms with van der Waals surface area (Å²) in [6.45, 7) is 5.76. The summed E-state index contributed by atoms with van der Waals surface area (Å²) in [5.41, 5.74) is 0.705. The van der Waals surface area contributed by atoms with Crippen LogP contribution in [0.5, 0.6) is 0 Å². The first-order valence-electron chi connectivity index (χ1n) is 8.08. The third kappa shape index (κ3) is 3.38. The topological polar surface area (TPSA) is 93.1 Å². The molecule has 2 aromatic rings. The molecule has 0 aliphatic carbocycles. The van der Waals surface area contributed by atoms with Gasteiger partial charge in [0.15, 0.2) is 0 Å². The third-order valence-corrected chi connectivity index (χ3v) is 3.92. The van der Waals surface area contributed by atoms with Gasteiger partial charge in [-0.25, -0.2) is 4.98 Å². The van der Waals surface area contributed by atoms with Gasteiger partial charge >= 0.3 is 0 Å². The SMILES string of the molecule is CCCn1ccc(C(=O)N2CCOC[C@H]2c2cc(=O)[nH]c(C)n2)n1. The van der Waals surface area contributed by atoms with E-state index >= 15 is 0 Å². The average molecular weight is 331 g/mol. The van der Waals surface area contributed by atoms with Crippen molar-refractivity contribution in [3.8, 4) is 0 Å². The van der Waals surface area contributed by atoms with Crippen LogP contribution in [0.1, 0.15) is 41.4 Å². The van der Waals surface area contributed by atoms with Gasteiger partial charge in [-0.1, -0.05) is 6.92 Å². The molecule has 1 N–H and O–H groups in total. The number of aromatic nitrogens is 4. The van der Waals surface area contributed by atoms with E-state index in [2.05, 4.69) is 22.0 Å². The molecule has 1 atom stereocenters. The summed E-state index contributed by atoms with van der Waals surface area (Å²) >= 11 is 0. The largest absolute Gasteiger partial charge is 0.377 e. The second-order valence-corrected chi connectivity index (χ2v) is 5.81. The molecule has 1 saturated heterocycles. The van der Waals surface area contributed by atoms with Crippen LogP contribution in [0.2, 0.25) is 0 Å². The van der Waals surface area contributed by atoms with Crippen LogP contribution >= 0.6 is 0 Å². The fourth-order valence-corrected chi connectivity index (χ4v) is 2.84. The Morgan fingerprint density at radius 1 is 1.50 bits per heavy atom. The summed E-state index contributed by atoms with van der Waals surface area (Å²) in [4.78, 5) is 33.2. The highest BCUT2D eigenvalue weighted by Crippen LogP contribution is 2.23. The molecule has 0 saturated carbocycles. The van der Waals surface area contributed by atoms with E-state index in [1.54, 1.807) is 22.6 Å². The number of morpholine rings is 1. The van der Waals surface area contributed by atoms with Crippen LogP contribution in [0.3, 0.4) is 0 Å². The molecule has 1 amide bonds. The minimum absolute atomic E-state index is 0.169. The highest BCUT2D eigenvalue weighted by molar-refractivity contribution is 5.92. The zero-order valence-corrected chi connectivity index (χ0v) is 13.9. The van der Waals surface area contributed by atoms with E-state index in [0.29, 0.717) is 37.0 Å². The highest BCUT2D eigenvalue weighted by Gasteiger charge is 2.31. The summed E-state index contributed by atoms with van der Waals surface area (Å²) in [7, 11) is 0. The Bertz CT molecular complexity index is 782. The van der Waals surface area contributed by atoms with E-state index in [4.69, 9.17) is 4.74 Å². The maximum atomic E-state index is 12.9. The molecule has 8 heteroatoms. The monoisotopic (exact) mass is 331 g/mol. The first-order valence-corrected chi connectivity index (χ1v) is 8.08. The minimum atomic E-state index is -0.386. The number of nitrogens with one attached hydrogen (secondary N) is 1. The van der Waals surface area contributed by atoms with Crippen LogP contribution in [-0.4, -0.2) is 50.3 Å². The highest BCUT2D eigenvalue weighted by atomic mass is 16.5. The minimum Gasteiger partial charge on any atom is -0.377 e. The number of carbonyl (C=O) groups excluding carboxylic acids is 1. The number of H-pyrrole nitrogens is 1. The zero-order valence-electron chi connectivity index (χ0n) is 13.9. The average Bonchev–Trinajstić information content (AvgIpc) is 3.02.